The highest BCUT2D eigenvalue weighted by Crippen LogP contribution is 1.93. The number of carbonyl (C=O) groups is 2. The van der Waals surface area contributed by atoms with E-state index in [0.29, 0.717) is 6.42 Å². The van der Waals surface area contributed by atoms with Crippen LogP contribution in [0.25, 0.3) is 0 Å². The van der Waals surface area contributed by atoms with Crippen molar-refractivity contribution in [1.29, 1.82) is 0 Å². The first kappa shape index (κ1) is 11.9. The molecule has 0 aliphatic heterocycles. The molecule has 0 heterocycles. The first-order valence-corrected chi connectivity index (χ1v) is 4.24. The van der Waals surface area contributed by atoms with E-state index in [1.165, 1.54) is 11.9 Å². The highest BCUT2D eigenvalue weighted by atomic mass is 16.2. The lowest BCUT2D eigenvalue weighted by atomic mass is 10.2. The topological polar surface area (TPSA) is 75.4 Å². The van der Waals surface area contributed by atoms with E-state index < -0.39 is 6.04 Å². The summed E-state index contributed by atoms with van der Waals surface area (Å²) in [5, 5.41) is 2.43. The molecule has 0 aromatic heterocycles. The second kappa shape index (κ2) is 5.53. The third kappa shape index (κ3) is 3.89. The molecule has 5 heteroatoms. The van der Waals surface area contributed by atoms with Gasteiger partial charge in [0, 0.05) is 14.1 Å². The summed E-state index contributed by atoms with van der Waals surface area (Å²) in [4.78, 5) is 23.6. The van der Waals surface area contributed by atoms with Crippen LogP contribution in [0.1, 0.15) is 13.3 Å². The maximum Gasteiger partial charge on any atom is 0.239 e. The van der Waals surface area contributed by atoms with Crippen LogP contribution in [0, 0.1) is 0 Å². The van der Waals surface area contributed by atoms with E-state index >= 15 is 0 Å². The van der Waals surface area contributed by atoms with Crippen LogP contribution in [0.3, 0.4) is 0 Å². The smallest absolute Gasteiger partial charge is 0.239 e. The molecule has 76 valence electrons. The molecule has 0 aromatic carbocycles. The zero-order chi connectivity index (χ0) is 10.4. The van der Waals surface area contributed by atoms with Crippen LogP contribution >= 0.6 is 0 Å². The Morgan fingerprint density at radius 1 is 1.54 bits per heavy atom. The second-order valence-electron chi connectivity index (χ2n) is 2.88. The molecule has 0 saturated carbocycles. The van der Waals surface area contributed by atoms with Crippen molar-refractivity contribution in [3.63, 3.8) is 0 Å². The first-order valence-electron chi connectivity index (χ1n) is 4.24. The van der Waals surface area contributed by atoms with Crippen LogP contribution in [-0.4, -0.2) is 43.4 Å². The molecule has 3 N–H and O–H groups in total. The number of rotatable bonds is 4. The number of hydrogen-bond donors (Lipinski definition) is 2. The molecule has 2 amide bonds. The molecule has 0 aliphatic rings. The van der Waals surface area contributed by atoms with E-state index in [0.717, 1.165) is 0 Å². The maximum atomic E-state index is 11.3. The zero-order valence-electron chi connectivity index (χ0n) is 8.33. The lowest BCUT2D eigenvalue weighted by Crippen LogP contribution is -2.45. The largest absolute Gasteiger partial charge is 0.358 e. The Bertz CT molecular complexity index is 194. The second-order valence-corrected chi connectivity index (χ2v) is 2.88. The van der Waals surface area contributed by atoms with Crippen LogP contribution in [0.2, 0.25) is 0 Å². The minimum atomic E-state index is -0.505. The van der Waals surface area contributed by atoms with Gasteiger partial charge in [0.1, 0.15) is 0 Å². The van der Waals surface area contributed by atoms with E-state index in [4.69, 9.17) is 5.73 Å². The summed E-state index contributed by atoms with van der Waals surface area (Å²) in [6, 6.07) is -0.505. The van der Waals surface area contributed by atoms with Gasteiger partial charge in [-0.2, -0.15) is 0 Å². The van der Waals surface area contributed by atoms with Gasteiger partial charge >= 0.3 is 0 Å². The Balaban J connectivity index is 4.03. The number of amides is 2. The van der Waals surface area contributed by atoms with Gasteiger partial charge in [0.15, 0.2) is 0 Å². The molecule has 13 heavy (non-hydrogen) atoms. The summed E-state index contributed by atoms with van der Waals surface area (Å²) in [6.07, 6.45) is 0.580. The number of nitrogens with one attached hydrogen (secondary N) is 1. The number of nitrogens with two attached hydrogens (primary N) is 1. The van der Waals surface area contributed by atoms with E-state index in [9.17, 15) is 9.59 Å². The third-order valence-corrected chi connectivity index (χ3v) is 1.79. The number of hydrogen-bond acceptors (Lipinski definition) is 3. The fourth-order valence-electron chi connectivity index (χ4n) is 0.830. The summed E-state index contributed by atoms with van der Waals surface area (Å²) in [7, 11) is 3.09. The average Bonchev–Trinajstić information content (AvgIpc) is 2.14. The third-order valence-electron chi connectivity index (χ3n) is 1.79. The molecule has 0 aliphatic carbocycles. The van der Waals surface area contributed by atoms with Gasteiger partial charge in [-0.1, -0.05) is 6.92 Å². The Morgan fingerprint density at radius 2 is 2.08 bits per heavy atom. The Kier molecular flexibility index (Phi) is 5.06. The van der Waals surface area contributed by atoms with Crippen molar-refractivity contribution >= 4 is 11.8 Å². The number of nitrogens with zero attached hydrogens (tertiary/aromatic N) is 1. The fourth-order valence-corrected chi connectivity index (χ4v) is 0.830. The summed E-state index contributed by atoms with van der Waals surface area (Å²) < 4.78 is 0. The van der Waals surface area contributed by atoms with Crippen molar-refractivity contribution in [2.24, 2.45) is 5.73 Å². The van der Waals surface area contributed by atoms with Crippen molar-refractivity contribution in [2.45, 2.75) is 19.4 Å². The molecule has 0 radical (unpaired) electrons. The Labute approximate surface area is 78.3 Å². The molecule has 0 aromatic rings. The van der Waals surface area contributed by atoms with Crippen molar-refractivity contribution in [3.05, 3.63) is 0 Å². The Morgan fingerprint density at radius 3 is 2.46 bits per heavy atom. The minimum Gasteiger partial charge on any atom is -0.358 e. The monoisotopic (exact) mass is 187 g/mol. The van der Waals surface area contributed by atoms with Crippen molar-refractivity contribution in [3.8, 4) is 0 Å². The molecule has 0 bridgehead atoms. The SMILES string of the molecule is CC[C@@H](N)C(=O)N(C)CC(=O)NC. The standard InChI is InChI=1S/C8H17N3O2/c1-4-6(9)8(13)11(3)5-7(12)10-2/h6H,4-5,9H2,1-3H3,(H,10,12)/t6-/m1/s1. The van der Waals surface area contributed by atoms with Crippen LogP contribution < -0.4 is 11.1 Å². The first-order chi connectivity index (χ1) is 6.02. The predicted molar refractivity (Wildman–Crippen MR) is 50.0 cm³/mol. The highest BCUT2D eigenvalue weighted by molar-refractivity contribution is 5.86. The van der Waals surface area contributed by atoms with Crippen LogP contribution in [0.4, 0.5) is 0 Å². The summed E-state index contributed by atoms with van der Waals surface area (Å²) in [6.45, 7) is 1.89. The lowest BCUT2D eigenvalue weighted by Gasteiger charge is -2.19. The molecule has 5 nitrogen and oxygen atoms in total. The molecule has 0 spiro atoms. The molecular formula is C8H17N3O2. The van der Waals surface area contributed by atoms with Gasteiger partial charge in [0.25, 0.3) is 0 Å². The van der Waals surface area contributed by atoms with Gasteiger partial charge in [-0.05, 0) is 6.42 Å². The molecule has 1 atom stereocenters. The zero-order valence-corrected chi connectivity index (χ0v) is 8.33. The molecule has 0 unspecified atom stereocenters. The van der Waals surface area contributed by atoms with Gasteiger partial charge in [-0.3, -0.25) is 9.59 Å². The van der Waals surface area contributed by atoms with Crippen LogP contribution in [-0.2, 0) is 9.59 Å². The number of likely N-dealkylation sites (N-methyl/N-ethyl adjacent to an activating group) is 2. The molecular weight excluding hydrogens is 170 g/mol. The summed E-state index contributed by atoms with van der Waals surface area (Å²) in [5.41, 5.74) is 5.51. The minimum absolute atomic E-state index is 0.0586. The Hall–Kier alpha value is -1.10. The highest BCUT2D eigenvalue weighted by Gasteiger charge is 2.17. The predicted octanol–water partition coefficient (Wildman–Crippen LogP) is -1.07. The van der Waals surface area contributed by atoms with Crippen LogP contribution in [0.15, 0.2) is 0 Å². The van der Waals surface area contributed by atoms with Crippen LogP contribution in [0.5, 0.6) is 0 Å². The van der Waals surface area contributed by atoms with E-state index in [-0.39, 0.29) is 18.4 Å². The van der Waals surface area contributed by atoms with Gasteiger partial charge in [0.05, 0.1) is 12.6 Å². The van der Waals surface area contributed by atoms with E-state index in [2.05, 4.69) is 5.32 Å². The van der Waals surface area contributed by atoms with Gasteiger partial charge in [-0.15, -0.1) is 0 Å². The quantitative estimate of drug-likeness (QED) is 0.588. The van der Waals surface area contributed by atoms with Gasteiger partial charge < -0.3 is 16.0 Å². The fraction of sp³-hybridized carbons (Fsp3) is 0.750. The van der Waals surface area contributed by atoms with Crippen molar-refractivity contribution < 1.29 is 9.59 Å². The van der Waals surface area contributed by atoms with E-state index in [1.807, 2.05) is 6.92 Å². The van der Waals surface area contributed by atoms with Crippen molar-refractivity contribution in [2.75, 3.05) is 20.6 Å². The number of carbonyl (C=O) groups excluding carboxylic acids is 2. The molecule has 0 fully saturated rings. The van der Waals surface area contributed by atoms with E-state index in [1.54, 1.807) is 7.05 Å². The summed E-state index contributed by atoms with van der Waals surface area (Å²) in [5.74, 6) is -0.398. The molecule has 0 saturated heterocycles. The summed E-state index contributed by atoms with van der Waals surface area (Å²) >= 11 is 0. The lowest BCUT2D eigenvalue weighted by molar-refractivity contribution is -0.135. The molecule has 0 rings (SSSR count). The normalized spacial score (nSPS) is 12.0. The van der Waals surface area contributed by atoms with Gasteiger partial charge in [-0.25, -0.2) is 0 Å². The van der Waals surface area contributed by atoms with Gasteiger partial charge in [0.2, 0.25) is 11.8 Å². The van der Waals surface area contributed by atoms with Crippen molar-refractivity contribution in [1.82, 2.24) is 10.2 Å². The maximum absolute atomic E-state index is 11.3. The average molecular weight is 187 g/mol.